The molecule has 188 valence electrons. The third-order valence-electron chi connectivity index (χ3n) is 8.05. The first-order valence-electron chi connectivity index (χ1n) is 13.3. The first-order valence-corrected chi connectivity index (χ1v) is 13.3. The van der Waals surface area contributed by atoms with E-state index in [2.05, 4.69) is 41.4 Å². The minimum atomic E-state index is -0.0359. The van der Waals surface area contributed by atoms with Crippen molar-refractivity contribution in [3.05, 3.63) is 65.0 Å². The number of piperidine rings is 1. The highest BCUT2D eigenvalue weighted by Crippen LogP contribution is 2.45. The van der Waals surface area contributed by atoms with Gasteiger partial charge in [0.15, 0.2) is 0 Å². The first-order chi connectivity index (χ1) is 17.6. The molecule has 6 rings (SSSR count). The van der Waals surface area contributed by atoms with Crippen LogP contribution in [-0.4, -0.2) is 39.3 Å². The van der Waals surface area contributed by atoms with Gasteiger partial charge in [-0.15, -0.1) is 0 Å². The summed E-state index contributed by atoms with van der Waals surface area (Å²) in [6.45, 7) is 4.69. The molecule has 7 heteroatoms. The summed E-state index contributed by atoms with van der Waals surface area (Å²) >= 11 is 0. The van der Waals surface area contributed by atoms with Crippen LogP contribution in [0.2, 0.25) is 0 Å². The molecule has 1 aromatic carbocycles. The first kappa shape index (κ1) is 23.2. The monoisotopic (exact) mass is 486 g/mol. The zero-order chi connectivity index (χ0) is 24.6. The Morgan fingerprint density at radius 3 is 2.61 bits per heavy atom. The maximum atomic E-state index is 13.2. The van der Waals surface area contributed by atoms with Crippen molar-refractivity contribution in [2.75, 3.05) is 5.32 Å². The summed E-state index contributed by atoms with van der Waals surface area (Å²) in [4.78, 5) is 19.7. The number of carbonyl (C=O) groups is 1. The van der Waals surface area contributed by atoms with Crippen LogP contribution in [0.5, 0.6) is 0 Å². The highest BCUT2D eigenvalue weighted by molar-refractivity contribution is 5.89. The zero-order valence-corrected chi connectivity index (χ0v) is 21.1. The number of aryl methyl sites for hydroxylation is 2. The van der Waals surface area contributed by atoms with Crippen molar-refractivity contribution in [2.45, 2.75) is 89.5 Å². The van der Waals surface area contributed by atoms with Crippen LogP contribution in [0, 0.1) is 6.92 Å². The number of ether oxygens (including phenoxy) is 1. The van der Waals surface area contributed by atoms with Crippen molar-refractivity contribution in [1.82, 2.24) is 15.0 Å². The van der Waals surface area contributed by atoms with E-state index in [1.807, 2.05) is 29.2 Å². The van der Waals surface area contributed by atoms with E-state index < -0.39 is 0 Å². The van der Waals surface area contributed by atoms with E-state index in [4.69, 9.17) is 9.26 Å². The van der Waals surface area contributed by atoms with Crippen LogP contribution in [0.3, 0.4) is 0 Å². The Hall–Kier alpha value is -3.19. The molecule has 36 heavy (non-hydrogen) atoms. The Bertz CT molecular complexity index is 1240. The summed E-state index contributed by atoms with van der Waals surface area (Å²) in [5.41, 5.74) is 5.37. The lowest BCUT2D eigenvalue weighted by Crippen LogP contribution is -2.50. The molecule has 1 aliphatic carbocycles. The molecule has 3 aromatic rings. The molecule has 3 fully saturated rings. The molecule has 2 saturated heterocycles. The number of hydrogen-bond donors (Lipinski definition) is 1. The van der Waals surface area contributed by atoms with Crippen LogP contribution >= 0.6 is 0 Å². The number of benzene rings is 1. The van der Waals surface area contributed by atoms with E-state index in [0.717, 1.165) is 73.1 Å². The molecule has 0 radical (unpaired) electrons. The van der Waals surface area contributed by atoms with Gasteiger partial charge in [0, 0.05) is 35.3 Å². The maximum absolute atomic E-state index is 13.2. The fourth-order valence-electron chi connectivity index (χ4n) is 5.98. The maximum Gasteiger partial charge on any atom is 0.323 e. The number of carbonyl (C=O) groups excluding carboxylic acids is 1. The van der Waals surface area contributed by atoms with Gasteiger partial charge < -0.3 is 14.2 Å². The predicted octanol–water partition coefficient (Wildman–Crippen LogP) is 6.23. The minimum absolute atomic E-state index is 0.0359. The van der Waals surface area contributed by atoms with Crippen LogP contribution in [0.15, 0.2) is 47.1 Å². The van der Waals surface area contributed by atoms with E-state index in [9.17, 15) is 4.79 Å². The van der Waals surface area contributed by atoms with Crippen molar-refractivity contribution in [1.29, 1.82) is 0 Å². The summed E-state index contributed by atoms with van der Waals surface area (Å²) in [6.07, 6.45) is 8.77. The van der Waals surface area contributed by atoms with Gasteiger partial charge in [0.2, 0.25) is 0 Å². The van der Waals surface area contributed by atoms with Gasteiger partial charge in [0.25, 0.3) is 0 Å². The van der Waals surface area contributed by atoms with Gasteiger partial charge in [-0.3, -0.25) is 5.32 Å². The van der Waals surface area contributed by atoms with Crippen molar-refractivity contribution in [3.63, 3.8) is 0 Å². The fourth-order valence-corrected chi connectivity index (χ4v) is 5.98. The number of pyridine rings is 1. The normalized spacial score (nSPS) is 23.2. The summed E-state index contributed by atoms with van der Waals surface area (Å²) in [7, 11) is 0. The summed E-state index contributed by atoms with van der Waals surface area (Å²) in [6, 6.07) is 12.6. The number of rotatable bonds is 7. The number of nitrogens with zero attached hydrogens (tertiary/aromatic N) is 3. The van der Waals surface area contributed by atoms with Gasteiger partial charge in [0.05, 0.1) is 12.7 Å². The van der Waals surface area contributed by atoms with Crippen molar-refractivity contribution < 1.29 is 14.1 Å². The standard InChI is InChI=1S/C29H34N4O3/c1-3-19-8-6-14-30-28(19)31-29(34)33-21-12-13-22(33)16-23(15-21)35-17-25-26(24-9-5-4-7-18(24)2)32-36-27(25)20-10-11-20/h4-9,14,20-23H,3,10-13,15-17H2,1-2H3,(H,30,31,34). The molecular formula is C29H34N4O3. The smallest absolute Gasteiger partial charge is 0.323 e. The van der Waals surface area contributed by atoms with Gasteiger partial charge in [0.1, 0.15) is 17.3 Å². The molecule has 2 atom stereocenters. The van der Waals surface area contributed by atoms with E-state index >= 15 is 0 Å². The number of hydrogen-bond acceptors (Lipinski definition) is 5. The van der Waals surface area contributed by atoms with E-state index in [1.54, 1.807) is 6.20 Å². The fraction of sp³-hybridized carbons (Fsp3) is 0.483. The van der Waals surface area contributed by atoms with Crippen LogP contribution in [0.1, 0.15) is 73.8 Å². The van der Waals surface area contributed by atoms with E-state index in [-0.39, 0.29) is 24.2 Å². The molecule has 4 heterocycles. The second-order valence-electron chi connectivity index (χ2n) is 10.5. The third kappa shape index (κ3) is 4.41. The molecule has 2 amide bonds. The lowest BCUT2D eigenvalue weighted by Gasteiger charge is -2.38. The molecule has 1 N–H and O–H groups in total. The van der Waals surface area contributed by atoms with E-state index in [1.165, 1.54) is 5.56 Å². The van der Waals surface area contributed by atoms with Gasteiger partial charge in [-0.25, -0.2) is 9.78 Å². The minimum Gasteiger partial charge on any atom is -0.373 e. The SMILES string of the molecule is CCc1cccnc1NC(=O)N1C2CCC1CC(OCc1c(-c3ccccc3C)noc1C1CC1)C2. The van der Waals surface area contributed by atoms with Crippen molar-refractivity contribution in [2.24, 2.45) is 0 Å². The van der Waals surface area contributed by atoms with Crippen LogP contribution in [0.25, 0.3) is 11.3 Å². The molecule has 2 bridgehead atoms. The quantitative estimate of drug-likeness (QED) is 0.428. The Morgan fingerprint density at radius 1 is 1.11 bits per heavy atom. The molecule has 1 saturated carbocycles. The van der Waals surface area contributed by atoms with Gasteiger partial charge in [-0.05, 0) is 69.1 Å². The van der Waals surface area contributed by atoms with Gasteiger partial charge in [-0.1, -0.05) is 42.4 Å². The molecule has 2 aromatic heterocycles. The molecule has 7 nitrogen and oxygen atoms in total. The Labute approximate surface area is 212 Å². The average Bonchev–Trinajstić information content (AvgIpc) is 3.59. The van der Waals surface area contributed by atoms with Crippen molar-refractivity contribution >= 4 is 11.8 Å². The molecule has 2 aliphatic heterocycles. The summed E-state index contributed by atoms with van der Waals surface area (Å²) in [5, 5.41) is 7.55. The number of fused-ring (bicyclic) bond motifs is 2. The number of urea groups is 1. The summed E-state index contributed by atoms with van der Waals surface area (Å²) < 4.78 is 12.4. The Balaban J connectivity index is 1.14. The zero-order valence-electron chi connectivity index (χ0n) is 21.1. The van der Waals surface area contributed by atoms with Crippen LogP contribution in [-0.2, 0) is 17.8 Å². The molecular weight excluding hydrogens is 452 g/mol. The second kappa shape index (κ2) is 9.69. The predicted molar refractivity (Wildman–Crippen MR) is 138 cm³/mol. The lowest BCUT2D eigenvalue weighted by molar-refractivity contribution is -0.0158. The highest BCUT2D eigenvalue weighted by atomic mass is 16.5. The summed E-state index contributed by atoms with van der Waals surface area (Å²) in [5.74, 6) is 2.14. The average molecular weight is 487 g/mol. The lowest BCUT2D eigenvalue weighted by atomic mass is 9.99. The molecule has 3 aliphatic rings. The van der Waals surface area contributed by atoms with Crippen LogP contribution in [0.4, 0.5) is 10.6 Å². The number of anilines is 1. The van der Waals surface area contributed by atoms with E-state index in [0.29, 0.717) is 18.3 Å². The molecule has 0 spiro atoms. The van der Waals surface area contributed by atoms with Crippen molar-refractivity contribution in [3.8, 4) is 11.3 Å². The largest absolute Gasteiger partial charge is 0.373 e. The molecule has 2 unspecified atom stereocenters. The Morgan fingerprint density at radius 2 is 1.89 bits per heavy atom. The second-order valence-corrected chi connectivity index (χ2v) is 10.5. The topological polar surface area (TPSA) is 80.5 Å². The number of amides is 2. The highest BCUT2D eigenvalue weighted by Gasteiger charge is 2.44. The number of nitrogens with one attached hydrogen (secondary N) is 1. The third-order valence-corrected chi connectivity index (χ3v) is 8.05. The Kier molecular flexibility index (Phi) is 6.25. The van der Waals surface area contributed by atoms with Crippen LogP contribution < -0.4 is 5.32 Å². The van der Waals surface area contributed by atoms with Gasteiger partial charge in [-0.2, -0.15) is 0 Å². The number of aromatic nitrogens is 2. The van der Waals surface area contributed by atoms with Gasteiger partial charge >= 0.3 is 6.03 Å².